The van der Waals surface area contributed by atoms with Crippen LogP contribution in [0.1, 0.15) is 6.42 Å². The van der Waals surface area contributed by atoms with Gasteiger partial charge in [0.2, 0.25) is 0 Å². The second-order valence-electron chi connectivity index (χ2n) is 2.51. The summed E-state index contributed by atoms with van der Waals surface area (Å²) in [6.07, 6.45) is 0.860. The minimum atomic E-state index is -0.240. The molecule has 0 aromatic carbocycles. The SMILES string of the molecule is CN(C)OC(=O)N1CCC1. The van der Waals surface area contributed by atoms with E-state index in [9.17, 15) is 4.79 Å². The summed E-state index contributed by atoms with van der Waals surface area (Å²) >= 11 is 0. The Kier molecular flexibility index (Phi) is 2.11. The van der Waals surface area contributed by atoms with Gasteiger partial charge in [-0.3, -0.25) is 0 Å². The van der Waals surface area contributed by atoms with Gasteiger partial charge in [0.15, 0.2) is 0 Å². The quantitative estimate of drug-likeness (QED) is 0.496. The zero-order chi connectivity index (χ0) is 7.56. The first kappa shape index (κ1) is 7.34. The summed E-state index contributed by atoms with van der Waals surface area (Å²) in [5.41, 5.74) is 0. The van der Waals surface area contributed by atoms with Gasteiger partial charge in [-0.25, -0.2) is 4.79 Å². The topological polar surface area (TPSA) is 32.8 Å². The molecule has 0 aromatic heterocycles. The molecule has 10 heavy (non-hydrogen) atoms. The Bertz CT molecular complexity index is 132. The summed E-state index contributed by atoms with van der Waals surface area (Å²) in [4.78, 5) is 17.3. The number of rotatable bonds is 1. The van der Waals surface area contributed by atoms with Crippen molar-refractivity contribution >= 4 is 6.09 Å². The lowest BCUT2D eigenvalue weighted by atomic mass is 10.2. The second-order valence-corrected chi connectivity index (χ2v) is 2.51. The van der Waals surface area contributed by atoms with Crippen molar-refractivity contribution in [2.24, 2.45) is 0 Å². The van der Waals surface area contributed by atoms with Crippen molar-refractivity contribution in [3.05, 3.63) is 0 Å². The van der Waals surface area contributed by atoms with Crippen molar-refractivity contribution in [3.8, 4) is 0 Å². The third-order valence-electron chi connectivity index (χ3n) is 1.37. The van der Waals surface area contributed by atoms with Gasteiger partial charge < -0.3 is 9.74 Å². The highest BCUT2D eigenvalue weighted by Gasteiger charge is 2.21. The molecule has 1 aliphatic heterocycles. The van der Waals surface area contributed by atoms with E-state index in [0.29, 0.717) is 0 Å². The van der Waals surface area contributed by atoms with Crippen molar-refractivity contribution in [3.63, 3.8) is 0 Å². The monoisotopic (exact) mass is 144 g/mol. The Labute approximate surface area is 60.3 Å². The molecule has 0 spiro atoms. The first-order valence-corrected chi connectivity index (χ1v) is 3.34. The van der Waals surface area contributed by atoms with Crippen LogP contribution >= 0.6 is 0 Å². The lowest BCUT2D eigenvalue weighted by Gasteiger charge is -2.30. The molecule has 1 amide bonds. The van der Waals surface area contributed by atoms with E-state index in [1.165, 1.54) is 5.06 Å². The first-order chi connectivity index (χ1) is 4.70. The van der Waals surface area contributed by atoms with E-state index >= 15 is 0 Å². The lowest BCUT2D eigenvalue weighted by molar-refractivity contribution is -0.0774. The van der Waals surface area contributed by atoms with E-state index < -0.39 is 0 Å². The minimum Gasteiger partial charge on any atom is -0.351 e. The maximum Gasteiger partial charge on any atom is 0.428 e. The Hall–Kier alpha value is -0.770. The van der Waals surface area contributed by atoms with Gasteiger partial charge in [0.1, 0.15) is 0 Å². The van der Waals surface area contributed by atoms with Crippen molar-refractivity contribution < 1.29 is 9.63 Å². The first-order valence-electron chi connectivity index (χ1n) is 3.34. The van der Waals surface area contributed by atoms with Crippen LogP contribution in [-0.2, 0) is 4.84 Å². The maximum atomic E-state index is 10.9. The third kappa shape index (κ3) is 1.60. The number of hydrogen-bond acceptors (Lipinski definition) is 3. The summed E-state index contributed by atoms with van der Waals surface area (Å²) in [6, 6.07) is 0. The van der Waals surface area contributed by atoms with Crippen LogP contribution in [0.4, 0.5) is 4.79 Å². The number of carbonyl (C=O) groups excluding carboxylic acids is 1. The Balaban J connectivity index is 2.20. The fraction of sp³-hybridized carbons (Fsp3) is 0.833. The molecular formula is C6H12N2O2. The number of nitrogens with zero attached hydrogens (tertiary/aromatic N) is 2. The van der Waals surface area contributed by atoms with Crippen molar-refractivity contribution in [2.45, 2.75) is 6.42 Å². The van der Waals surface area contributed by atoms with Gasteiger partial charge in [-0.1, -0.05) is 0 Å². The van der Waals surface area contributed by atoms with Crippen LogP contribution in [0.3, 0.4) is 0 Å². The number of hydroxylamine groups is 2. The molecule has 0 saturated carbocycles. The second kappa shape index (κ2) is 2.88. The Morgan fingerprint density at radius 2 is 2.10 bits per heavy atom. The Morgan fingerprint density at radius 3 is 2.40 bits per heavy atom. The molecule has 0 atom stereocenters. The highest BCUT2D eigenvalue weighted by Crippen LogP contribution is 2.07. The summed E-state index contributed by atoms with van der Waals surface area (Å²) in [5.74, 6) is 0. The molecule has 4 nitrogen and oxygen atoms in total. The average Bonchev–Trinajstić information content (AvgIpc) is 1.55. The fourth-order valence-corrected chi connectivity index (χ4v) is 0.713. The molecule has 1 heterocycles. The summed E-state index contributed by atoms with van der Waals surface area (Å²) in [6.45, 7) is 1.68. The summed E-state index contributed by atoms with van der Waals surface area (Å²) < 4.78 is 0. The normalized spacial score (nSPS) is 16.9. The van der Waals surface area contributed by atoms with Gasteiger partial charge in [-0.15, -0.1) is 5.06 Å². The molecule has 0 bridgehead atoms. The number of likely N-dealkylation sites (tertiary alicyclic amines) is 1. The van der Waals surface area contributed by atoms with Crippen LogP contribution in [0.5, 0.6) is 0 Å². The van der Waals surface area contributed by atoms with E-state index in [0.717, 1.165) is 19.5 Å². The van der Waals surface area contributed by atoms with E-state index in [-0.39, 0.29) is 6.09 Å². The maximum absolute atomic E-state index is 10.9. The molecule has 1 fully saturated rings. The predicted molar refractivity (Wildman–Crippen MR) is 36.4 cm³/mol. The zero-order valence-electron chi connectivity index (χ0n) is 6.33. The molecule has 0 N–H and O–H groups in total. The predicted octanol–water partition coefficient (Wildman–Crippen LogP) is 0.305. The van der Waals surface area contributed by atoms with Crippen LogP contribution in [-0.4, -0.2) is 43.2 Å². The molecule has 1 aliphatic rings. The molecule has 0 aromatic rings. The molecule has 1 saturated heterocycles. The highest BCUT2D eigenvalue weighted by molar-refractivity contribution is 5.68. The fourth-order valence-electron chi connectivity index (χ4n) is 0.713. The number of hydrogen-bond donors (Lipinski definition) is 0. The van der Waals surface area contributed by atoms with E-state index in [4.69, 9.17) is 4.84 Å². The van der Waals surface area contributed by atoms with Crippen LogP contribution in [0.15, 0.2) is 0 Å². The summed E-state index contributed by atoms with van der Waals surface area (Å²) in [7, 11) is 3.38. The van der Waals surface area contributed by atoms with E-state index in [2.05, 4.69) is 0 Å². The molecule has 58 valence electrons. The van der Waals surface area contributed by atoms with Crippen molar-refractivity contribution in [1.29, 1.82) is 0 Å². The number of amides is 1. The van der Waals surface area contributed by atoms with Gasteiger partial charge in [-0.2, -0.15) is 0 Å². The molecule has 0 aliphatic carbocycles. The zero-order valence-corrected chi connectivity index (χ0v) is 6.33. The molecule has 4 heteroatoms. The average molecular weight is 144 g/mol. The van der Waals surface area contributed by atoms with Gasteiger partial charge >= 0.3 is 6.09 Å². The van der Waals surface area contributed by atoms with Gasteiger partial charge in [0.05, 0.1) is 0 Å². The molecule has 1 rings (SSSR count). The van der Waals surface area contributed by atoms with Crippen LogP contribution < -0.4 is 0 Å². The van der Waals surface area contributed by atoms with Crippen LogP contribution in [0.25, 0.3) is 0 Å². The van der Waals surface area contributed by atoms with Gasteiger partial charge in [-0.05, 0) is 6.42 Å². The van der Waals surface area contributed by atoms with Crippen LogP contribution in [0.2, 0.25) is 0 Å². The van der Waals surface area contributed by atoms with Gasteiger partial charge in [0.25, 0.3) is 0 Å². The smallest absolute Gasteiger partial charge is 0.351 e. The summed E-state index contributed by atoms with van der Waals surface area (Å²) in [5, 5.41) is 1.40. The Morgan fingerprint density at radius 1 is 1.50 bits per heavy atom. The third-order valence-corrected chi connectivity index (χ3v) is 1.37. The largest absolute Gasteiger partial charge is 0.428 e. The van der Waals surface area contributed by atoms with Crippen molar-refractivity contribution in [1.82, 2.24) is 9.96 Å². The van der Waals surface area contributed by atoms with Gasteiger partial charge in [0, 0.05) is 27.2 Å². The molecular weight excluding hydrogens is 132 g/mol. The lowest BCUT2D eigenvalue weighted by Crippen LogP contribution is -2.44. The van der Waals surface area contributed by atoms with E-state index in [1.807, 2.05) is 0 Å². The molecule has 0 radical (unpaired) electrons. The standard InChI is InChI=1S/C6H12N2O2/c1-7(2)10-6(9)8-4-3-5-8/h3-5H2,1-2H3. The number of carbonyl (C=O) groups is 1. The van der Waals surface area contributed by atoms with E-state index in [1.54, 1.807) is 19.0 Å². The van der Waals surface area contributed by atoms with Crippen molar-refractivity contribution in [2.75, 3.05) is 27.2 Å². The minimum absolute atomic E-state index is 0.240. The van der Waals surface area contributed by atoms with Crippen LogP contribution in [0, 0.1) is 0 Å². The molecule has 0 unspecified atom stereocenters. The highest BCUT2D eigenvalue weighted by atomic mass is 16.7.